The van der Waals surface area contributed by atoms with Crippen molar-refractivity contribution in [1.29, 1.82) is 0 Å². The summed E-state index contributed by atoms with van der Waals surface area (Å²) in [6.07, 6.45) is 0. The molecule has 9 heteroatoms. The van der Waals surface area contributed by atoms with E-state index < -0.39 is 29.1 Å². The number of aryl methyl sites for hydroxylation is 2. The number of carbonyl (C=O) groups excluding carboxylic acids is 2. The van der Waals surface area contributed by atoms with Gasteiger partial charge in [-0.2, -0.15) is 0 Å². The number of nitrogens with zero attached hydrogens (tertiary/aromatic N) is 1. The molecule has 1 amide bonds. The number of ether oxygens (including phenoxy) is 1. The summed E-state index contributed by atoms with van der Waals surface area (Å²) in [6, 6.07) is 7.05. The van der Waals surface area contributed by atoms with Crippen LogP contribution in [0, 0.1) is 24.0 Å². The second-order valence-electron chi connectivity index (χ2n) is 5.48. The Labute approximate surface area is 159 Å². The molecule has 2 aromatic rings. The van der Waals surface area contributed by atoms with E-state index in [4.69, 9.17) is 27.9 Å². The van der Waals surface area contributed by atoms with Crippen molar-refractivity contribution >= 4 is 46.5 Å². The Kier molecular flexibility index (Phi) is 6.18. The van der Waals surface area contributed by atoms with E-state index in [1.807, 2.05) is 13.0 Å². The van der Waals surface area contributed by atoms with Gasteiger partial charge in [0.1, 0.15) is 5.56 Å². The average Bonchev–Trinajstić information content (AvgIpc) is 2.55. The molecular formula is C17H14Cl2N2O5. The van der Waals surface area contributed by atoms with Gasteiger partial charge in [0.25, 0.3) is 11.6 Å². The summed E-state index contributed by atoms with van der Waals surface area (Å²) in [5, 5.41) is 14.0. The predicted molar refractivity (Wildman–Crippen MR) is 97.9 cm³/mol. The maximum absolute atomic E-state index is 12.0. The van der Waals surface area contributed by atoms with Crippen molar-refractivity contribution in [2.24, 2.45) is 0 Å². The molecule has 0 aliphatic rings. The van der Waals surface area contributed by atoms with Gasteiger partial charge in [0.2, 0.25) is 0 Å². The van der Waals surface area contributed by atoms with Gasteiger partial charge in [-0.1, -0.05) is 29.3 Å². The molecule has 0 radical (unpaired) electrons. The van der Waals surface area contributed by atoms with Crippen LogP contribution in [0.4, 0.5) is 11.4 Å². The zero-order valence-corrected chi connectivity index (χ0v) is 15.4. The molecule has 7 nitrogen and oxygen atoms in total. The van der Waals surface area contributed by atoms with Crippen LogP contribution in [0.15, 0.2) is 30.3 Å². The smallest absolute Gasteiger partial charge is 0.345 e. The molecule has 2 aromatic carbocycles. The van der Waals surface area contributed by atoms with E-state index in [1.165, 1.54) is 12.1 Å². The molecule has 0 atom stereocenters. The number of halogens is 2. The van der Waals surface area contributed by atoms with Crippen molar-refractivity contribution in [3.8, 4) is 0 Å². The van der Waals surface area contributed by atoms with E-state index >= 15 is 0 Å². The maximum Gasteiger partial charge on any atom is 0.345 e. The number of benzene rings is 2. The van der Waals surface area contributed by atoms with Gasteiger partial charge >= 0.3 is 5.97 Å². The third-order valence-corrected chi connectivity index (χ3v) is 3.94. The number of hydrogen-bond donors (Lipinski definition) is 1. The summed E-state index contributed by atoms with van der Waals surface area (Å²) in [5.74, 6) is -1.63. The predicted octanol–water partition coefficient (Wildman–Crippen LogP) is 4.31. The van der Waals surface area contributed by atoms with Gasteiger partial charge in [0.15, 0.2) is 6.61 Å². The van der Waals surface area contributed by atoms with E-state index in [-0.39, 0.29) is 10.6 Å². The lowest BCUT2D eigenvalue weighted by molar-refractivity contribution is -0.385. The zero-order valence-electron chi connectivity index (χ0n) is 13.8. The Morgan fingerprint density at radius 3 is 2.50 bits per heavy atom. The molecule has 0 fully saturated rings. The van der Waals surface area contributed by atoms with Gasteiger partial charge < -0.3 is 10.1 Å². The van der Waals surface area contributed by atoms with Crippen LogP contribution in [0.2, 0.25) is 10.0 Å². The Hall–Kier alpha value is -2.64. The number of nitro benzene ring substituents is 1. The molecule has 1 N–H and O–H groups in total. The Bertz CT molecular complexity index is 876. The van der Waals surface area contributed by atoms with E-state index in [2.05, 4.69) is 5.32 Å². The number of rotatable bonds is 5. The number of esters is 1. The highest BCUT2D eigenvalue weighted by molar-refractivity contribution is 6.34. The number of amides is 1. The van der Waals surface area contributed by atoms with E-state index in [1.54, 1.807) is 13.0 Å². The summed E-state index contributed by atoms with van der Waals surface area (Å²) in [6.45, 7) is 3.02. The third-order valence-electron chi connectivity index (χ3n) is 3.41. The number of nitrogens with one attached hydrogen (secondary N) is 1. The summed E-state index contributed by atoms with van der Waals surface area (Å²) < 4.78 is 4.85. The van der Waals surface area contributed by atoms with Gasteiger partial charge in [-0.25, -0.2) is 4.79 Å². The van der Waals surface area contributed by atoms with E-state index in [0.717, 1.165) is 17.2 Å². The van der Waals surface area contributed by atoms with Crippen molar-refractivity contribution < 1.29 is 19.2 Å². The summed E-state index contributed by atoms with van der Waals surface area (Å²) in [5.41, 5.74) is 1.31. The van der Waals surface area contributed by atoms with Crippen LogP contribution in [0.5, 0.6) is 0 Å². The lowest BCUT2D eigenvalue weighted by Crippen LogP contribution is -2.22. The highest BCUT2D eigenvalue weighted by atomic mass is 35.5. The monoisotopic (exact) mass is 396 g/mol. The molecule has 0 spiro atoms. The first-order valence-corrected chi connectivity index (χ1v) is 8.12. The minimum absolute atomic E-state index is 0.107. The second kappa shape index (κ2) is 8.16. The molecule has 0 heterocycles. The molecule has 0 aliphatic carbocycles. The van der Waals surface area contributed by atoms with Crippen LogP contribution >= 0.6 is 23.2 Å². The van der Waals surface area contributed by atoms with Crippen molar-refractivity contribution in [3.05, 3.63) is 67.2 Å². The number of carbonyl (C=O) groups is 2. The maximum atomic E-state index is 12.0. The fraction of sp³-hybridized carbons (Fsp3) is 0.176. The van der Waals surface area contributed by atoms with Crippen molar-refractivity contribution in [2.75, 3.05) is 11.9 Å². The highest BCUT2D eigenvalue weighted by Crippen LogP contribution is 2.27. The van der Waals surface area contributed by atoms with Gasteiger partial charge in [-0.05, 0) is 43.2 Å². The molecule has 0 saturated heterocycles. The highest BCUT2D eigenvalue weighted by Gasteiger charge is 2.22. The van der Waals surface area contributed by atoms with Crippen LogP contribution in [0.25, 0.3) is 0 Å². The Morgan fingerprint density at radius 2 is 1.88 bits per heavy atom. The summed E-state index contributed by atoms with van der Waals surface area (Å²) in [4.78, 5) is 34.3. The SMILES string of the molecule is Cc1cc(C)c(NC(=O)COC(=O)c2ccc(Cl)cc2[N+](=O)[O-])c(Cl)c1. The molecule has 0 unspecified atom stereocenters. The number of nitro groups is 1. The van der Waals surface area contributed by atoms with Crippen LogP contribution in [-0.2, 0) is 9.53 Å². The first-order valence-electron chi connectivity index (χ1n) is 7.36. The number of hydrogen-bond acceptors (Lipinski definition) is 5. The molecule has 136 valence electrons. The second-order valence-corrected chi connectivity index (χ2v) is 6.33. The van der Waals surface area contributed by atoms with Crippen LogP contribution < -0.4 is 5.32 Å². The first kappa shape index (κ1) is 19.7. The standard InChI is InChI=1S/C17H14Cl2N2O5/c1-9-5-10(2)16(13(19)6-9)20-15(22)8-26-17(23)12-4-3-11(18)7-14(12)21(24)25/h3-7H,8H2,1-2H3,(H,20,22). The molecule has 0 aromatic heterocycles. The quantitative estimate of drug-likeness (QED) is 0.461. The van der Waals surface area contributed by atoms with Crippen LogP contribution in [-0.4, -0.2) is 23.4 Å². The van der Waals surface area contributed by atoms with Gasteiger partial charge in [0.05, 0.1) is 15.6 Å². The van der Waals surface area contributed by atoms with Gasteiger partial charge in [-0.15, -0.1) is 0 Å². The Morgan fingerprint density at radius 1 is 1.19 bits per heavy atom. The fourth-order valence-corrected chi connectivity index (χ4v) is 2.82. The van der Waals surface area contributed by atoms with Gasteiger partial charge in [0, 0.05) is 11.1 Å². The largest absolute Gasteiger partial charge is 0.452 e. The zero-order chi connectivity index (χ0) is 19.4. The summed E-state index contributed by atoms with van der Waals surface area (Å²) >= 11 is 11.8. The molecular weight excluding hydrogens is 383 g/mol. The lowest BCUT2D eigenvalue weighted by atomic mass is 10.1. The van der Waals surface area contributed by atoms with Crippen molar-refractivity contribution in [3.63, 3.8) is 0 Å². The van der Waals surface area contributed by atoms with Crippen LogP contribution in [0.3, 0.4) is 0 Å². The first-order chi connectivity index (χ1) is 12.2. The van der Waals surface area contributed by atoms with Crippen molar-refractivity contribution in [1.82, 2.24) is 0 Å². The summed E-state index contributed by atoms with van der Waals surface area (Å²) in [7, 11) is 0. The number of anilines is 1. The topological polar surface area (TPSA) is 98.5 Å². The molecule has 0 bridgehead atoms. The van der Waals surface area contributed by atoms with Gasteiger partial charge in [-0.3, -0.25) is 14.9 Å². The average molecular weight is 397 g/mol. The fourth-order valence-electron chi connectivity index (χ4n) is 2.29. The molecule has 0 saturated carbocycles. The third kappa shape index (κ3) is 4.71. The minimum atomic E-state index is -1.00. The Balaban J connectivity index is 2.07. The minimum Gasteiger partial charge on any atom is -0.452 e. The molecule has 26 heavy (non-hydrogen) atoms. The van der Waals surface area contributed by atoms with E-state index in [9.17, 15) is 19.7 Å². The molecule has 2 rings (SSSR count). The van der Waals surface area contributed by atoms with Crippen LogP contribution in [0.1, 0.15) is 21.5 Å². The van der Waals surface area contributed by atoms with Crippen molar-refractivity contribution in [2.45, 2.75) is 13.8 Å². The normalized spacial score (nSPS) is 10.3. The molecule has 0 aliphatic heterocycles. The van der Waals surface area contributed by atoms with E-state index in [0.29, 0.717) is 10.7 Å². The lowest BCUT2D eigenvalue weighted by Gasteiger charge is -2.12.